The van der Waals surface area contributed by atoms with Gasteiger partial charge in [-0.1, -0.05) is 34.7 Å². The number of rotatable bonds is 3. The van der Waals surface area contributed by atoms with E-state index >= 15 is 0 Å². The van der Waals surface area contributed by atoms with E-state index in [1.54, 1.807) is 0 Å². The summed E-state index contributed by atoms with van der Waals surface area (Å²) in [5.74, 6) is -0.170. The standard InChI is InChI=1S/C10H17B2N5/c11-7-2-1-6(8(12)5-7)3-4-16-10(15)17-9(13)14/h1-2,5H,3-4,11-12H2,(H6,13,14,15,16,17). The first-order chi connectivity index (χ1) is 7.99. The summed E-state index contributed by atoms with van der Waals surface area (Å²) >= 11 is 0. The Balaban J connectivity index is 2.41. The zero-order valence-electron chi connectivity index (χ0n) is 10.2. The lowest BCUT2D eigenvalue weighted by Gasteiger charge is -2.10. The van der Waals surface area contributed by atoms with Crippen molar-refractivity contribution in [2.75, 3.05) is 6.54 Å². The molecule has 0 fully saturated rings. The zero-order valence-corrected chi connectivity index (χ0v) is 10.2. The lowest BCUT2D eigenvalue weighted by atomic mass is 9.83. The van der Waals surface area contributed by atoms with Gasteiger partial charge >= 0.3 is 0 Å². The lowest BCUT2D eigenvalue weighted by molar-refractivity contribution is 0.844. The molecule has 0 unspecified atom stereocenters. The summed E-state index contributed by atoms with van der Waals surface area (Å²) in [5, 5.41) is 19.6. The minimum absolute atomic E-state index is 0.0577. The maximum Gasteiger partial charge on any atom is 0.195 e. The van der Waals surface area contributed by atoms with Crippen LogP contribution >= 0.6 is 0 Å². The van der Waals surface area contributed by atoms with Crippen molar-refractivity contribution < 1.29 is 0 Å². The number of nitrogens with one attached hydrogen (secondary N) is 4. The first kappa shape index (κ1) is 13.2. The summed E-state index contributed by atoms with van der Waals surface area (Å²) in [6, 6.07) is 6.34. The molecule has 0 atom stereocenters. The normalized spacial score (nSPS) is 9.65. The van der Waals surface area contributed by atoms with Crippen molar-refractivity contribution in [1.82, 2.24) is 10.6 Å². The van der Waals surface area contributed by atoms with Crippen LogP contribution in [0.2, 0.25) is 0 Å². The highest BCUT2D eigenvalue weighted by molar-refractivity contribution is 6.38. The first-order valence-corrected chi connectivity index (χ1v) is 5.48. The highest BCUT2D eigenvalue weighted by Crippen LogP contribution is 1.93. The van der Waals surface area contributed by atoms with Crippen LogP contribution < -0.4 is 27.3 Å². The summed E-state index contributed by atoms with van der Waals surface area (Å²) < 4.78 is 0. The van der Waals surface area contributed by atoms with Gasteiger partial charge in [0.1, 0.15) is 15.7 Å². The smallest absolute Gasteiger partial charge is 0.195 e. The van der Waals surface area contributed by atoms with Crippen LogP contribution in [0, 0.1) is 10.8 Å². The van der Waals surface area contributed by atoms with Gasteiger partial charge < -0.3 is 11.1 Å². The minimum atomic E-state index is -0.228. The fourth-order valence-corrected chi connectivity index (χ4v) is 1.63. The van der Waals surface area contributed by atoms with Crippen molar-refractivity contribution in [3.8, 4) is 0 Å². The Morgan fingerprint density at radius 2 is 2.00 bits per heavy atom. The Kier molecular flexibility index (Phi) is 4.63. The molecule has 0 spiro atoms. The van der Waals surface area contributed by atoms with Crippen LogP contribution in [0.4, 0.5) is 0 Å². The Morgan fingerprint density at radius 3 is 2.59 bits per heavy atom. The highest BCUT2D eigenvalue weighted by atomic mass is 15.2. The van der Waals surface area contributed by atoms with Gasteiger partial charge in [0.25, 0.3) is 0 Å². The first-order valence-electron chi connectivity index (χ1n) is 5.48. The van der Waals surface area contributed by atoms with Gasteiger partial charge in [0.15, 0.2) is 11.9 Å². The molecular formula is C10H17B2N5. The van der Waals surface area contributed by atoms with Gasteiger partial charge in [0, 0.05) is 6.54 Å². The van der Waals surface area contributed by atoms with E-state index in [0.29, 0.717) is 6.54 Å². The zero-order chi connectivity index (χ0) is 12.8. The van der Waals surface area contributed by atoms with Gasteiger partial charge in [-0.25, -0.2) is 0 Å². The van der Waals surface area contributed by atoms with Gasteiger partial charge in [0.2, 0.25) is 0 Å². The van der Waals surface area contributed by atoms with Crippen LogP contribution in [0.25, 0.3) is 0 Å². The van der Waals surface area contributed by atoms with Crippen LogP contribution in [0.5, 0.6) is 0 Å². The van der Waals surface area contributed by atoms with E-state index in [1.807, 2.05) is 0 Å². The molecule has 1 aromatic carbocycles. The van der Waals surface area contributed by atoms with Gasteiger partial charge in [-0.05, 0) is 6.42 Å². The van der Waals surface area contributed by atoms with Crippen molar-refractivity contribution in [1.29, 1.82) is 10.8 Å². The molecule has 0 bridgehead atoms. The maximum atomic E-state index is 7.43. The third-order valence-corrected chi connectivity index (χ3v) is 2.45. The van der Waals surface area contributed by atoms with Gasteiger partial charge in [0.05, 0.1) is 0 Å². The molecule has 88 valence electrons. The molecule has 6 N–H and O–H groups in total. The number of guanidine groups is 2. The molecule has 0 saturated carbocycles. The second-order valence-electron chi connectivity index (χ2n) is 4.02. The Labute approximate surface area is 103 Å². The van der Waals surface area contributed by atoms with Gasteiger partial charge in [-0.15, -0.1) is 0 Å². The van der Waals surface area contributed by atoms with E-state index in [9.17, 15) is 0 Å². The fourth-order valence-electron chi connectivity index (χ4n) is 1.63. The van der Waals surface area contributed by atoms with Gasteiger partial charge in [-0.2, -0.15) is 0 Å². The number of hydrogen-bond acceptors (Lipinski definition) is 2. The predicted molar refractivity (Wildman–Crippen MR) is 77.3 cm³/mol. The Hall–Kier alpha value is -1.91. The minimum Gasteiger partial charge on any atom is -0.370 e. The summed E-state index contributed by atoms with van der Waals surface area (Å²) in [4.78, 5) is 0. The molecule has 5 nitrogen and oxygen atoms in total. The third-order valence-electron chi connectivity index (χ3n) is 2.45. The fraction of sp³-hybridized carbons (Fsp3) is 0.200. The van der Waals surface area contributed by atoms with Crippen molar-refractivity contribution >= 4 is 38.5 Å². The second kappa shape index (κ2) is 5.98. The topological polar surface area (TPSA) is 97.8 Å². The molecule has 0 amide bonds. The van der Waals surface area contributed by atoms with E-state index in [0.717, 1.165) is 6.42 Å². The molecule has 0 aromatic heterocycles. The van der Waals surface area contributed by atoms with E-state index in [4.69, 9.17) is 16.6 Å². The van der Waals surface area contributed by atoms with Crippen molar-refractivity contribution in [3.63, 3.8) is 0 Å². The number of benzene rings is 1. The molecule has 1 aromatic rings. The van der Waals surface area contributed by atoms with Crippen molar-refractivity contribution in [3.05, 3.63) is 23.8 Å². The molecule has 0 radical (unpaired) electrons. The third kappa shape index (κ3) is 4.63. The summed E-state index contributed by atoms with van der Waals surface area (Å²) in [6.45, 7) is 0.642. The molecule has 0 aliphatic heterocycles. The van der Waals surface area contributed by atoms with Crippen LogP contribution in [0.1, 0.15) is 5.56 Å². The molecule has 0 aliphatic carbocycles. The van der Waals surface area contributed by atoms with Crippen molar-refractivity contribution in [2.24, 2.45) is 5.73 Å². The molecule has 0 heterocycles. The summed E-state index contributed by atoms with van der Waals surface area (Å²) in [6.07, 6.45) is 0.841. The summed E-state index contributed by atoms with van der Waals surface area (Å²) in [7, 11) is 4.16. The molecule has 17 heavy (non-hydrogen) atoms. The largest absolute Gasteiger partial charge is 0.370 e. The molecule has 0 saturated heterocycles. The average Bonchev–Trinajstić information content (AvgIpc) is 2.20. The highest BCUT2D eigenvalue weighted by Gasteiger charge is 2.00. The molecule has 1 rings (SSSR count). The Morgan fingerprint density at radius 1 is 1.29 bits per heavy atom. The predicted octanol–water partition coefficient (Wildman–Crippen LogP) is -3.25. The quantitative estimate of drug-likeness (QED) is 0.214. The number of nitrogens with two attached hydrogens (primary N) is 1. The average molecular weight is 229 g/mol. The van der Waals surface area contributed by atoms with E-state index in [-0.39, 0.29) is 11.9 Å². The Bertz CT molecular complexity index is 433. The van der Waals surface area contributed by atoms with E-state index < -0.39 is 0 Å². The van der Waals surface area contributed by atoms with Crippen LogP contribution in [-0.2, 0) is 6.42 Å². The van der Waals surface area contributed by atoms with Crippen LogP contribution in [0.3, 0.4) is 0 Å². The van der Waals surface area contributed by atoms with E-state index in [2.05, 4.69) is 44.5 Å². The maximum absolute atomic E-state index is 7.43. The van der Waals surface area contributed by atoms with Crippen LogP contribution in [0.15, 0.2) is 18.2 Å². The molecule has 7 heteroatoms. The van der Waals surface area contributed by atoms with E-state index in [1.165, 1.54) is 16.5 Å². The SMILES string of the molecule is Bc1ccc(CCNC(=N)NC(=N)N)c(B)c1. The van der Waals surface area contributed by atoms with Crippen molar-refractivity contribution in [2.45, 2.75) is 6.42 Å². The van der Waals surface area contributed by atoms with Gasteiger partial charge in [-0.3, -0.25) is 16.1 Å². The lowest BCUT2D eigenvalue weighted by Crippen LogP contribution is -2.44. The second-order valence-corrected chi connectivity index (χ2v) is 4.02. The molecular weight excluding hydrogens is 212 g/mol. The monoisotopic (exact) mass is 229 g/mol. The van der Waals surface area contributed by atoms with Crippen LogP contribution in [-0.4, -0.2) is 34.2 Å². The molecule has 0 aliphatic rings. The summed E-state index contributed by atoms with van der Waals surface area (Å²) in [5.41, 5.74) is 8.89. The number of hydrogen-bond donors (Lipinski definition) is 5.